The number of ether oxygens (including phenoxy) is 3. The zero-order chi connectivity index (χ0) is 33.2. The Labute approximate surface area is 257 Å². The Morgan fingerprint density at radius 1 is 1.23 bits per heavy atom. The summed E-state index contributed by atoms with van der Waals surface area (Å²) in [6.07, 6.45) is -1.67. The molecule has 19 heteroatoms. The first-order valence-corrected chi connectivity index (χ1v) is 16.2. The molecule has 0 saturated carbocycles. The van der Waals surface area contributed by atoms with Gasteiger partial charge in [0, 0.05) is 41.2 Å². The van der Waals surface area contributed by atoms with Gasteiger partial charge in [-0.1, -0.05) is 37.6 Å². The topological polar surface area (TPSA) is 230 Å². The van der Waals surface area contributed by atoms with E-state index in [0.29, 0.717) is 0 Å². The van der Waals surface area contributed by atoms with Crippen LogP contribution < -0.4 is 16.3 Å². The summed E-state index contributed by atoms with van der Waals surface area (Å²) in [5, 5.41) is 6.15. The summed E-state index contributed by atoms with van der Waals surface area (Å²) in [5.74, 6) is -2.16. The Bertz CT molecular complexity index is 1390. The first-order chi connectivity index (χ1) is 20.5. The third kappa shape index (κ3) is 11.2. The first-order valence-electron chi connectivity index (χ1n) is 13.7. The van der Waals surface area contributed by atoms with Gasteiger partial charge in [0.25, 0.3) is 5.56 Å². The lowest BCUT2D eigenvalue weighted by Gasteiger charge is -2.26. The normalized spacial score (nSPS) is 22.1. The fourth-order valence-electron chi connectivity index (χ4n) is 3.85. The Morgan fingerprint density at radius 2 is 1.91 bits per heavy atom. The predicted molar refractivity (Wildman–Crippen MR) is 159 cm³/mol. The molecule has 0 unspecified atom stereocenters. The molecule has 1 aromatic heterocycles. The van der Waals surface area contributed by atoms with E-state index in [0.717, 1.165) is 28.6 Å². The van der Waals surface area contributed by atoms with Crippen LogP contribution in [0, 0.1) is 11.3 Å². The summed E-state index contributed by atoms with van der Waals surface area (Å²) in [4.78, 5) is 65.4. The van der Waals surface area contributed by atoms with E-state index < -0.39 is 79.4 Å². The molecule has 246 valence electrons. The number of aromatic amines is 1. The second-order valence-corrected chi connectivity index (χ2v) is 13.9. The summed E-state index contributed by atoms with van der Waals surface area (Å²) in [6.45, 7) is 10.1. The van der Waals surface area contributed by atoms with Crippen molar-refractivity contribution in [1.82, 2.24) is 14.6 Å². The molecule has 6 atom stereocenters. The van der Waals surface area contributed by atoms with Crippen LogP contribution in [0.4, 0.5) is 0 Å². The van der Waals surface area contributed by atoms with Crippen molar-refractivity contribution in [3.05, 3.63) is 43.5 Å². The zero-order valence-corrected chi connectivity index (χ0v) is 27.3. The average Bonchev–Trinajstić information content (AvgIpc) is 3.24. The van der Waals surface area contributed by atoms with E-state index in [4.69, 9.17) is 23.3 Å². The number of azide groups is 1. The summed E-state index contributed by atoms with van der Waals surface area (Å²) in [7, 11) is -4.32. The van der Waals surface area contributed by atoms with Crippen molar-refractivity contribution in [2.75, 3.05) is 25.6 Å². The third-order valence-corrected chi connectivity index (χ3v) is 8.93. The van der Waals surface area contributed by atoms with E-state index in [9.17, 15) is 34.1 Å². The lowest BCUT2D eigenvalue weighted by molar-refractivity contribution is -0.149. The van der Waals surface area contributed by atoms with E-state index >= 15 is 0 Å². The van der Waals surface area contributed by atoms with Crippen LogP contribution in [-0.4, -0.2) is 76.5 Å². The zero-order valence-electron chi connectivity index (χ0n) is 25.6. The molecule has 17 nitrogen and oxygen atoms in total. The van der Waals surface area contributed by atoms with Gasteiger partial charge in [0.05, 0.1) is 38.1 Å². The first kappa shape index (κ1) is 37.2. The molecular formula is C25H39N6O11PS. The number of carbonyl (C=O) groups excluding carboxylic acids is 3. The van der Waals surface area contributed by atoms with Crippen LogP contribution >= 0.6 is 19.5 Å². The van der Waals surface area contributed by atoms with Gasteiger partial charge in [-0.15, -0.1) is 0 Å². The van der Waals surface area contributed by atoms with Crippen LogP contribution in [0.3, 0.4) is 0 Å². The van der Waals surface area contributed by atoms with Crippen molar-refractivity contribution in [1.29, 1.82) is 0 Å². The number of carbonyl (C=O) groups is 3. The number of rotatable bonds is 15. The van der Waals surface area contributed by atoms with Gasteiger partial charge < -0.3 is 14.2 Å². The highest BCUT2D eigenvalue weighted by atomic mass is 32.2. The number of thioether (sulfide) groups is 1. The smallest absolute Gasteiger partial charge is 0.406 e. The van der Waals surface area contributed by atoms with Crippen molar-refractivity contribution in [3.8, 4) is 0 Å². The number of hydrogen-bond donors (Lipinski definition) is 2. The van der Waals surface area contributed by atoms with Crippen LogP contribution in [0.25, 0.3) is 10.4 Å². The lowest BCUT2D eigenvalue weighted by Crippen LogP contribution is -2.37. The van der Waals surface area contributed by atoms with Gasteiger partial charge in [-0.2, -0.15) is 0 Å². The van der Waals surface area contributed by atoms with E-state index in [-0.39, 0.29) is 24.1 Å². The highest BCUT2D eigenvalue weighted by Gasteiger charge is 2.47. The number of nitrogens with one attached hydrogen (secondary N) is 2. The molecule has 0 spiro atoms. The Morgan fingerprint density at radius 3 is 2.48 bits per heavy atom. The minimum absolute atomic E-state index is 0.112. The van der Waals surface area contributed by atoms with E-state index in [1.807, 2.05) is 0 Å². The molecule has 1 aliphatic rings. The molecule has 2 heterocycles. The van der Waals surface area contributed by atoms with Gasteiger partial charge in [-0.25, -0.2) is 14.4 Å². The number of hydrogen-bond acceptors (Lipinski definition) is 13. The van der Waals surface area contributed by atoms with E-state index in [1.54, 1.807) is 34.6 Å². The monoisotopic (exact) mass is 662 g/mol. The van der Waals surface area contributed by atoms with Crippen molar-refractivity contribution < 1.29 is 42.2 Å². The molecule has 1 fully saturated rings. The second kappa shape index (κ2) is 16.4. The number of H-pyrrole nitrogens is 1. The fraction of sp³-hybridized carbons (Fsp3) is 0.720. The molecule has 1 aromatic rings. The summed E-state index contributed by atoms with van der Waals surface area (Å²) in [5.41, 5.74) is 7.11. The molecule has 1 aliphatic heterocycles. The van der Waals surface area contributed by atoms with Gasteiger partial charge >= 0.3 is 25.4 Å². The van der Waals surface area contributed by atoms with Gasteiger partial charge in [0.15, 0.2) is 5.12 Å². The molecule has 0 aliphatic carbocycles. The maximum atomic E-state index is 13.9. The lowest BCUT2D eigenvalue weighted by atomic mass is 9.97. The van der Waals surface area contributed by atoms with Crippen molar-refractivity contribution >= 4 is 36.6 Å². The molecule has 2 rings (SSSR count). The summed E-state index contributed by atoms with van der Waals surface area (Å²) in [6, 6.07) is -1.21. The number of esters is 2. The maximum Gasteiger partial charge on any atom is 0.406 e. The van der Waals surface area contributed by atoms with Crippen LogP contribution in [0.5, 0.6) is 0 Å². The molecule has 0 bridgehead atoms. The van der Waals surface area contributed by atoms with Crippen LogP contribution in [0.1, 0.15) is 54.7 Å². The average molecular weight is 663 g/mol. The van der Waals surface area contributed by atoms with Crippen LogP contribution in [-0.2, 0) is 42.2 Å². The molecule has 2 N–H and O–H groups in total. The molecule has 0 aromatic carbocycles. The Kier molecular flexibility index (Phi) is 13.8. The largest absolute Gasteiger partial charge is 0.465 e. The van der Waals surface area contributed by atoms with Crippen molar-refractivity contribution in [2.45, 2.75) is 79.0 Å². The predicted octanol–water partition coefficient (Wildman–Crippen LogP) is 2.67. The van der Waals surface area contributed by atoms with Gasteiger partial charge in [0.1, 0.15) is 12.3 Å². The maximum absolute atomic E-state index is 13.9. The van der Waals surface area contributed by atoms with Crippen molar-refractivity contribution in [3.63, 3.8) is 0 Å². The second-order valence-electron chi connectivity index (χ2n) is 11.1. The minimum atomic E-state index is -4.32. The minimum Gasteiger partial charge on any atom is -0.465 e. The molecule has 44 heavy (non-hydrogen) atoms. The standard InChI is InChI=1S/C25H39N6O11PS/c1-14(2)41-22(34)15(3)29-43(37,39-10-11-44-23(35)25(5,6)7)40-13-18-17(12-38-16(4)32)20(28-30-26)21(42-18)31-9-8-19(33)27-24(31)36/h8-9,14-15,17-18,20-21H,10-13H2,1-7H3,(H,29,37)(H,27,33,36)/t15-,17+,18+,20+,21+,43-/m0/s1. The fourth-order valence-corrected chi connectivity index (χ4v) is 6.24. The Hall–Kier alpha value is -2.98. The molecule has 0 amide bonds. The van der Waals surface area contributed by atoms with E-state index in [1.165, 1.54) is 13.8 Å². The molecular weight excluding hydrogens is 623 g/mol. The summed E-state index contributed by atoms with van der Waals surface area (Å²) >= 11 is 0.980. The highest BCUT2D eigenvalue weighted by Crippen LogP contribution is 2.46. The van der Waals surface area contributed by atoms with Gasteiger partial charge in [0.2, 0.25) is 0 Å². The molecule has 0 radical (unpaired) electrons. The quantitative estimate of drug-likeness (QED) is 0.0688. The number of aromatic nitrogens is 2. The number of nitrogens with zero attached hydrogens (tertiary/aromatic N) is 4. The summed E-state index contributed by atoms with van der Waals surface area (Å²) < 4.78 is 42.4. The van der Waals surface area contributed by atoms with Gasteiger partial charge in [-0.05, 0) is 26.3 Å². The Balaban J connectivity index is 2.33. The SMILES string of the molecule is CC(=O)OC[C@H]1[C@@H](N=[N+]=[N-])[C@H](n2ccc(=O)[nH]c2=O)O[C@@H]1CO[P@](=O)(N[C@@H](C)C(=O)OC(C)C)OCCSC(=O)C(C)(C)C. The van der Waals surface area contributed by atoms with Crippen LogP contribution in [0.15, 0.2) is 27.0 Å². The van der Waals surface area contributed by atoms with E-state index in [2.05, 4.69) is 20.1 Å². The van der Waals surface area contributed by atoms with Crippen molar-refractivity contribution in [2.24, 2.45) is 16.4 Å². The molecule has 1 saturated heterocycles. The highest BCUT2D eigenvalue weighted by molar-refractivity contribution is 8.13. The van der Waals surface area contributed by atoms with Crippen LogP contribution in [0.2, 0.25) is 0 Å². The van der Waals surface area contributed by atoms with Gasteiger partial charge in [-0.3, -0.25) is 37.8 Å². The third-order valence-electron chi connectivity index (χ3n) is 5.97.